The normalized spacial score (nSPS) is 20.5. The molecule has 0 unspecified atom stereocenters. The predicted molar refractivity (Wildman–Crippen MR) is 61.0 cm³/mol. The average Bonchev–Trinajstić information content (AvgIpc) is 2.77. The third kappa shape index (κ3) is 2.06. The molecule has 0 N–H and O–H groups in total. The van der Waals surface area contributed by atoms with Gasteiger partial charge in [0.15, 0.2) is 5.75 Å². The molecule has 2 heterocycles. The first kappa shape index (κ1) is 10.1. The summed E-state index contributed by atoms with van der Waals surface area (Å²) in [7, 11) is 0. The third-order valence-electron chi connectivity index (χ3n) is 3.34. The lowest BCUT2D eigenvalue weighted by atomic mass is 10.1. The molecule has 2 aliphatic heterocycles. The molecule has 1 aromatic rings. The molecular formula is C13H17NO2. The molecule has 0 aliphatic carbocycles. The maximum absolute atomic E-state index is 5.03. The van der Waals surface area contributed by atoms with Gasteiger partial charge in [-0.3, -0.25) is 4.90 Å². The van der Waals surface area contributed by atoms with Crippen LogP contribution in [-0.2, 0) is 18.0 Å². The number of hydrogen-bond donors (Lipinski definition) is 0. The number of likely N-dealkylation sites (tertiary alicyclic amines) is 1. The van der Waals surface area contributed by atoms with Gasteiger partial charge in [-0.05, 0) is 43.6 Å². The highest BCUT2D eigenvalue weighted by Gasteiger charge is 2.15. The maximum Gasteiger partial charge on any atom is 0.171 e. The van der Waals surface area contributed by atoms with Crippen molar-refractivity contribution in [2.24, 2.45) is 0 Å². The zero-order chi connectivity index (χ0) is 10.8. The summed E-state index contributed by atoms with van der Waals surface area (Å²) >= 11 is 0. The minimum atomic E-state index is 0.586. The first-order valence-electron chi connectivity index (χ1n) is 6.05. The molecule has 0 saturated carbocycles. The van der Waals surface area contributed by atoms with Gasteiger partial charge in [-0.1, -0.05) is 12.5 Å². The van der Waals surface area contributed by atoms with Crippen molar-refractivity contribution in [2.75, 3.05) is 13.1 Å². The van der Waals surface area contributed by atoms with Gasteiger partial charge in [0.25, 0.3) is 0 Å². The van der Waals surface area contributed by atoms with Crippen LogP contribution in [0, 0.1) is 0 Å². The van der Waals surface area contributed by atoms with Crippen LogP contribution in [0.4, 0.5) is 0 Å². The van der Waals surface area contributed by atoms with E-state index in [1.165, 1.54) is 43.5 Å². The predicted octanol–water partition coefficient (Wildman–Crippen LogP) is 2.50. The molecule has 3 nitrogen and oxygen atoms in total. The number of rotatable bonds is 2. The Morgan fingerprint density at radius 1 is 1.12 bits per heavy atom. The summed E-state index contributed by atoms with van der Waals surface area (Å²) in [5, 5.41) is 0. The van der Waals surface area contributed by atoms with E-state index in [1.807, 2.05) is 6.07 Å². The second-order valence-electron chi connectivity index (χ2n) is 4.62. The Bertz CT molecular complexity index is 372. The summed E-state index contributed by atoms with van der Waals surface area (Å²) in [5.74, 6) is 0.877. The van der Waals surface area contributed by atoms with E-state index < -0.39 is 0 Å². The lowest BCUT2D eigenvalue weighted by Gasteiger charge is -2.26. The van der Waals surface area contributed by atoms with E-state index in [4.69, 9.17) is 9.78 Å². The minimum Gasteiger partial charge on any atom is -0.337 e. The van der Waals surface area contributed by atoms with Gasteiger partial charge >= 0.3 is 0 Å². The number of benzene rings is 1. The van der Waals surface area contributed by atoms with Crippen molar-refractivity contribution in [3.05, 3.63) is 29.3 Å². The van der Waals surface area contributed by atoms with Crippen molar-refractivity contribution in [3.8, 4) is 5.75 Å². The van der Waals surface area contributed by atoms with Crippen LogP contribution in [0.25, 0.3) is 0 Å². The van der Waals surface area contributed by atoms with Gasteiger partial charge in [0.1, 0.15) is 6.61 Å². The first-order chi connectivity index (χ1) is 7.92. The molecule has 2 aliphatic rings. The SMILES string of the molecule is c1cc2c(cc1CN1CCCCC1)COO2. The molecule has 0 radical (unpaired) electrons. The van der Waals surface area contributed by atoms with Crippen LogP contribution < -0.4 is 4.89 Å². The van der Waals surface area contributed by atoms with Crippen LogP contribution in [0.2, 0.25) is 0 Å². The second-order valence-corrected chi connectivity index (χ2v) is 4.62. The van der Waals surface area contributed by atoms with E-state index in [2.05, 4.69) is 17.0 Å². The monoisotopic (exact) mass is 219 g/mol. The van der Waals surface area contributed by atoms with Gasteiger partial charge < -0.3 is 4.89 Å². The van der Waals surface area contributed by atoms with Crippen molar-refractivity contribution in [3.63, 3.8) is 0 Å². The Kier molecular flexibility index (Phi) is 2.80. The molecule has 3 rings (SSSR count). The molecule has 0 amide bonds. The Labute approximate surface area is 95.9 Å². The van der Waals surface area contributed by atoms with Crippen LogP contribution in [0.1, 0.15) is 30.4 Å². The van der Waals surface area contributed by atoms with Crippen LogP contribution in [0.5, 0.6) is 5.75 Å². The van der Waals surface area contributed by atoms with E-state index >= 15 is 0 Å². The highest BCUT2D eigenvalue weighted by atomic mass is 17.2. The van der Waals surface area contributed by atoms with Crippen molar-refractivity contribution in [1.82, 2.24) is 4.90 Å². The Balaban J connectivity index is 1.69. The Morgan fingerprint density at radius 2 is 2.00 bits per heavy atom. The van der Waals surface area contributed by atoms with Crippen LogP contribution in [-0.4, -0.2) is 18.0 Å². The molecule has 86 valence electrons. The van der Waals surface area contributed by atoms with Crippen LogP contribution >= 0.6 is 0 Å². The van der Waals surface area contributed by atoms with Gasteiger partial charge in [0, 0.05) is 12.1 Å². The second kappa shape index (κ2) is 4.44. The fourth-order valence-corrected chi connectivity index (χ4v) is 2.46. The minimum absolute atomic E-state index is 0.586. The number of piperidine rings is 1. The zero-order valence-electron chi connectivity index (χ0n) is 9.45. The van der Waals surface area contributed by atoms with Gasteiger partial charge in [-0.2, -0.15) is 4.89 Å². The first-order valence-corrected chi connectivity index (χ1v) is 6.05. The number of nitrogens with zero attached hydrogens (tertiary/aromatic N) is 1. The maximum atomic E-state index is 5.03. The highest BCUT2D eigenvalue weighted by molar-refractivity contribution is 5.37. The summed E-state index contributed by atoms with van der Waals surface area (Å²) in [6.45, 7) is 4.13. The Morgan fingerprint density at radius 3 is 2.88 bits per heavy atom. The molecule has 0 bridgehead atoms. The molecule has 16 heavy (non-hydrogen) atoms. The molecule has 0 spiro atoms. The van der Waals surface area contributed by atoms with Gasteiger partial charge in [0.2, 0.25) is 0 Å². The van der Waals surface area contributed by atoms with Crippen molar-refractivity contribution >= 4 is 0 Å². The molecule has 1 fully saturated rings. The lowest BCUT2D eigenvalue weighted by Crippen LogP contribution is -2.29. The molecular weight excluding hydrogens is 202 g/mol. The molecule has 1 saturated heterocycles. The fourth-order valence-electron chi connectivity index (χ4n) is 2.46. The summed E-state index contributed by atoms with van der Waals surface area (Å²) in [6, 6.07) is 6.36. The lowest BCUT2D eigenvalue weighted by molar-refractivity contribution is -0.194. The molecule has 1 aromatic carbocycles. The van der Waals surface area contributed by atoms with Gasteiger partial charge in [0.05, 0.1) is 0 Å². The van der Waals surface area contributed by atoms with Crippen molar-refractivity contribution in [2.45, 2.75) is 32.4 Å². The topological polar surface area (TPSA) is 21.7 Å². The van der Waals surface area contributed by atoms with Gasteiger partial charge in [-0.15, -0.1) is 0 Å². The number of hydrogen-bond acceptors (Lipinski definition) is 3. The zero-order valence-corrected chi connectivity index (χ0v) is 9.45. The average molecular weight is 219 g/mol. The van der Waals surface area contributed by atoms with E-state index in [1.54, 1.807) is 0 Å². The summed E-state index contributed by atoms with van der Waals surface area (Å²) < 4.78 is 0. The summed E-state index contributed by atoms with van der Waals surface area (Å²) in [5.41, 5.74) is 2.55. The third-order valence-corrected chi connectivity index (χ3v) is 3.34. The smallest absolute Gasteiger partial charge is 0.171 e. The fraction of sp³-hybridized carbons (Fsp3) is 0.538. The van der Waals surface area contributed by atoms with Crippen LogP contribution in [0.15, 0.2) is 18.2 Å². The molecule has 0 atom stereocenters. The summed E-state index contributed by atoms with van der Waals surface area (Å²) in [4.78, 5) is 12.5. The van der Waals surface area contributed by atoms with Crippen molar-refractivity contribution < 1.29 is 9.78 Å². The molecule has 3 heteroatoms. The van der Waals surface area contributed by atoms with E-state index in [0.717, 1.165) is 12.3 Å². The quantitative estimate of drug-likeness (QED) is 0.713. The van der Waals surface area contributed by atoms with E-state index in [0.29, 0.717) is 6.61 Å². The van der Waals surface area contributed by atoms with E-state index in [9.17, 15) is 0 Å². The standard InChI is InChI=1S/C13H17NO2/c1-2-6-14(7-3-1)9-11-4-5-13-12(8-11)10-15-16-13/h4-5,8H,1-3,6-7,9-10H2. The van der Waals surface area contributed by atoms with Crippen molar-refractivity contribution in [1.29, 1.82) is 0 Å². The number of fused-ring (bicyclic) bond motifs is 1. The largest absolute Gasteiger partial charge is 0.337 e. The van der Waals surface area contributed by atoms with E-state index in [-0.39, 0.29) is 0 Å². The van der Waals surface area contributed by atoms with Crippen LogP contribution in [0.3, 0.4) is 0 Å². The molecule has 0 aromatic heterocycles. The summed E-state index contributed by atoms with van der Waals surface area (Å²) in [6.07, 6.45) is 4.08. The van der Waals surface area contributed by atoms with Gasteiger partial charge in [-0.25, -0.2) is 0 Å². The Hall–Kier alpha value is -1.06. The highest BCUT2D eigenvalue weighted by Crippen LogP contribution is 2.27.